The predicted octanol–water partition coefficient (Wildman–Crippen LogP) is 3.38. The lowest BCUT2D eigenvalue weighted by molar-refractivity contribution is -0.139. The van der Waals surface area contributed by atoms with Crippen molar-refractivity contribution in [1.29, 1.82) is 0 Å². The molecular formula is C15H15ClN2O4S. The van der Waals surface area contributed by atoms with Crippen molar-refractivity contribution in [2.75, 3.05) is 11.9 Å². The lowest BCUT2D eigenvalue weighted by Crippen LogP contribution is -2.12. The van der Waals surface area contributed by atoms with Crippen LogP contribution in [0.15, 0.2) is 18.2 Å². The van der Waals surface area contributed by atoms with Crippen LogP contribution in [0.1, 0.15) is 27.3 Å². The minimum Gasteiger partial charge on any atom is -0.480 e. The number of amides is 1. The van der Waals surface area contributed by atoms with Crippen LogP contribution in [0.25, 0.3) is 0 Å². The maximum Gasteiger partial charge on any atom is 0.341 e. The van der Waals surface area contributed by atoms with E-state index in [4.69, 9.17) is 21.4 Å². The molecule has 2 rings (SSSR count). The molecule has 8 heteroatoms. The first-order valence-electron chi connectivity index (χ1n) is 6.82. The fraction of sp³-hybridized carbons (Fsp3) is 0.267. The van der Waals surface area contributed by atoms with Crippen molar-refractivity contribution in [2.45, 2.75) is 20.3 Å². The monoisotopic (exact) mass is 354 g/mol. The number of ether oxygens (including phenoxy) is 1. The zero-order valence-electron chi connectivity index (χ0n) is 12.6. The summed E-state index contributed by atoms with van der Waals surface area (Å²) in [6.45, 7) is 3.29. The third-order valence-corrected chi connectivity index (χ3v) is 4.49. The normalized spacial score (nSPS) is 10.4. The Morgan fingerprint density at radius 3 is 2.74 bits per heavy atom. The van der Waals surface area contributed by atoms with E-state index in [0.717, 1.165) is 11.4 Å². The Labute approximate surface area is 142 Å². The molecule has 0 aliphatic carbocycles. The van der Waals surface area contributed by atoms with Gasteiger partial charge >= 0.3 is 5.97 Å². The standard InChI is InChI=1S/C15H15ClN2O4S/c1-3-12-17-8(2)14(23-12)15(21)18-9-4-5-11(10(16)6-9)22-7-13(19)20/h4-6H,3,7H2,1-2H3,(H,18,21)(H,19,20). The third kappa shape index (κ3) is 4.43. The number of benzene rings is 1. The quantitative estimate of drug-likeness (QED) is 0.830. The Hall–Kier alpha value is -2.12. The summed E-state index contributed by atoms with van der Waals surface area (Å²) in [5.74, 6) is -1.10. The summed E-state index contributed by atoms with van der Waals surface area (Å²) in [4.78, 5) is 27.6. The maximum atomic E-state index is 12.3. The molecule has 2 N–H and O–H groups in total. The van der Waals surface area contributed by atoms with E-state index in [9.17, 15) is 9.59 Å². The van der Waals surface area contributed by atoms with Crippen LogP contribution in [-0.2, 0) is 11.2 Å². The molecule has 1 aromatic heterocycles. The van der Waals surface area contributed by atoms with Crippen molar-refractivity contribution in [3.63, 3.8) is 0 Å². The van der Waals surface area contributed by atoms with Crippen LogP contribution in [0.5, 0.6) is 5.75 Å². The van der Waals surface area contributed by atoms with Crippen LogP contribution < -0.4 is 10.1 Å². The third-order valence-electron chi connectivity index (χ3n) is 2.89. The largest absolute Gasteiger partial charge is 0.480 e. The van der Waals surface area contributed by atoms with Crippen molar-refractivity contribution < 1.29 is 19.4 Å². The van der Waals surface area contributed by atoms with Crippen LogP contribution in [0, 0.1) is 6.92 Å². The highest BCUT2D eigenvalue weighted by atomic mass is 35.5. The summed E-state index contributed by atoms with van der Waals surface area (Å²) in [6, 6.07) is 4.61. The van der Waals surface area contributed by atoms with Gasteiger partial charge in [-0.1, -0.05) is 18.5 Å². The fourth-order valence-corrected chi connectivity index (χ4v) is 2.97. The number of nitrogens with one attached hydrogen (secondary N) is 1. The first-order valence-corrected chi connectivity index (χ1v) is 8.02. The number of carboxylic acid groups (broad SMARTS) is 1. The molecule has 0 aliphatic rings. The van der Waals surface area contributed by atoms with E-state index in [0.29, 0.717) is 16.3 Å². The number of aliphatic carboxylic acids is 1. The minimum absolute atomic E-state index is 0.222. The number of carbonyl (C=O) groups is 2. The van der Waals surface area contributed by atoms with E-state index in [1.807, 2.05) is 6.92 Å². The number of carbonyl (C=O) groups excluding carboxylic acids is 1. The van der Waals surface area contributed by atoms with E-state index in [1.54, 1.807) is 13.0 Å². The molecule has 1 amide bonds. The molecule has 1 heterocycles. The molecule has 0 unspecified atom stereocenters. The molecule has 0 saturated heterocycles. The van der Waals surface area contributed by atoms with Crippen LogP contribution in [0.3, 0.4) is 0 Å². The van der Waals surface area contributed by atoms with Crippen molar-refractivity contribution >= 4 is 40.5 Å². The summed E-state index contributed by atoms with van der Waals surface area (Å²) in [5, 5.41) is 12.5. The highest BCUT2D eigenvalue weighted by Crippen LogP contribution is 2.28. The van der Waals surface area contributed by atoms with Crippen molar-refractivity contribution in [2.24, 2.45) is 0 Å². The molecule has 122 valence electrons. The van der Waals surface area contributed by atoms with Crippen LogP contribution in [0.2, 0.25) is 5.02 Å². The number of anilines is 1. The number of carboxylic acids is 1. The van der Waals surface area contributed by atoms with E-state index < -0.39 is 12.6 Å². The first kappa shape index (κ1) is 17.2. The Bertz CT molecular complexity index is 745. The Morgan fingerprint density at radius 2 is 2.17 bits per heavy atom. The summed E-state index contributed by atoms with van der Waals surface area (Å²) in [6.07, 6.45) is 0.778. The molecular weight excluding hydrogens is 340 g/mol. The van der Waals surface area contributed by atoms with Crippen molar-refractivity contribution in [3.05, 3.63) is 38.8 Å². The van der Waals surface area contributed by atoms with Gasteiger partial charge in [0.15, 0.2) is 6.61 Å². The maximum absolute atomic E-state index is 12.3. The van der Waals surface area contributed by atoms with Gasteiger partial charge in [0.25, 0.3) is 5.91 Å². The molecule has 0 atom stereocenters. The Kier molecular flexibility index (Phi) is 5.57. The summed E-state index contributed by atoms with van der Waals surface area (Å²) < 4.78 is 5.03. The van der Waals surface area contributed by atoms with Gasteiger partial charge in [-0.2, -0.15) is 0 Å². The zero-order valence-corrected chi connectivity index (χ0v) is 14.1. The van der Waals surface area contributed by atoms with Crippen molar-refractivity contribution in [3.8, 4) is 5.75 Å². The molecule has 23 heavy (non-hydrogen) atoms. The van der Waals surface area contributed by atoms with E-state index in [2.05, 4.69) is 10.3 Å². The molecule has 1 aromatic carbocycles. The van der Waals surface area contributed by atoms with Gasteiger partial charge in [-0.25, -0.2) is 9.78 Å². The van der Waals surface area contributed by atoms with Gasteiger partial charge in [0.2, 0.25) is 0 Å². The molecule has 0 aliphatic heterocycles. The van der Waals surface area contributed by atoms with E-state index >= 15 is 0 Å². The molecule has 2 aromatic rings. The molecule has 6 nitrogen and oxygen atoms in total. The van der Waals surface area contributed by atoms with Gasteiger partial charge in [0.1, 0.15) is 10.6 Å². The topological polar surface area (TPSA) is 88.5 Å². The van der Waals surface area contributed by atoms with Gasteiger partial charge in [0, 0.05) is 5.69 Å². The number of aryl methyl sites for hydroxylation is 2. The average molecular weight is 355 g/mol. The lowest BCUT2D eigenvalue weighted by atomic mass is 10.3. The molecule has 0 radical (unpaired) electrons. The molecule has 0 bridgehead atoms. The van der Waals surface area contributed by atoms with Crippen LogP contribution in [-0.4, -0.2) is 28.6 Å². The first-order chi connectivity index (χ1) is 10.9. The van der Waals surface area contributed by atoms with Crippen LogP contribution in [0.4, 0.5) is 5.69 Å². The SMILES string of the molecule is CCc1nc(C)c(C(=O)Nc2ccc(OCC(=O)O)c(Cl)c2)s1. The smallest absolute Gasteiger partial charge is 0.341 e. The van der Waals surface area contributed by atoms with Gasteiger partial charge in [-0.15, -0.1) is 11.3 Å². The minimum atomic E-state index is -1.09. The number of thiazole rings is 1. The number of hydrogen-bond acceptors (Lipinski definition) is 5. The Morgan fingerprint density at radius 1 is 1.43 bits per heavy atom. The van der Waals surface area contributed by atoms with Gasteiger partial charge in [0.05, 0.1) is 15.7 Å². The highest BCUT2D eigenvalue weighted by molar-refractivity contribution is 7.13. The predicted molar refractivity (Wildman–Crippen MR) is 88.8 cm³/mol. The second-order valence-electron chi connectivity index (χ2n) is 4.66. The van der Waals surface area contributed by atoms with Gasteiger partial charge in [-0.3, -0.25) is 4.79 Å². The Balaban J connectivity index is 2.10. The highest BCUT2D eigenvalue weighted by Gasteiger charge is 2.15. The molecule has 0 spiro atoms. The number of halogens is 1. The number of aromatic nitrogens is 1. The van der Waals surface area contributed by atoms with E-state index in [-0.39, 0.29) is 16.7 Å². The fourth-order valence-electron chi connectivity index (χ4n) is 1.84. The number of nitrogens with zero attached hydrogens (tertiary/aromatic N) is 1. The lowest BCUT2D eigenvalue weighted by Gasteiger charge is -2.08. The summed E-state index contributed by atoms with van der Waals surface area (Å²) in [7, 11) is 0. The molecule has 0 fully saturated rings. The average Bonchev–Trinajstić information content (AvgIpc) is 2.87. The van der Waals surface area contributed by atoms with Crippen molar-refractivity contribution in [1.82, 2.24) is 4.98 Å². The van der Waals surface area contributed by atoms with Gasteiger partial charge < -0.3 is 15.2 Å². The van der Waals surface area contributed by atoms with E-state index in [1.165, 1.54) is 23.5 Å². The van der Waals surface area contributed by atoms with Gasteiger partial charge in [-0.05, 0) is 31.5 Å². The summed E-state index contributed by atoms with van der Waals surface area (Å²) >= 11 is 7.38. The zero-order chi connectivity index (χ0) is 17.0. The molecule has 0 saturated carbocycles. The second kappa shape index (κ2) is 7.43. The second-order valence-corrected chi connectivity index (χ2v) is 6.15. The number of rotatable bonds is 6. The number of hydrogen-bond donors (Lipinski definition) is 2. The van der Waals surface area contributed by atoms with Crippen LogP contribution >= 0.6 is 22.9 Å². The summed E-state index contributed by atoms with van der Waals surface area (Å²) in [5.41, 5.74) is 1.19.